The number of nitrogens with zero attached hydrogens (tertiary/aromatic N) is 4. The average molecular weight is 202 g/mol. The van der Waals surface area contributed by atoms with Crippen LogP contribution in [-0.4, -0.2) is 32.9 Å². The van der Waals surface area contributed by atoms with Crippen molar-refractivity contribution in [2.45, 2.75) is 19.4 Å². The van der Waals surface area contributed by atoms with Crippen molar-refractivity contribution in [2.24, 2.45) is 0 Å². The molecule has 1 aliphatic heterocycles. The second-order valence-corrected chi connectivity index (χ2v) is 4.15. The van der Waals surface area contributed by atoms with Crippen molar-refractivity contribution < 1.29 is 0 Å². The lowest BCUT2D eigenvalue weighted by molar-refractivity contribution is 0.240. The molecule has 0 fully saturated rings. The third-order valence-corrected chi connectivity index (χ3v) is 3.30. The minimum absolute atomic E-state index is 0.436. The zero-order chi connectivity index (χ0) is 10.4. The van der Waals surface area contributed by atoms with Crippen LogP contribution >= 0.6 is 0 Å². The molecule has 1 aliphatic rings. The van der Waals surface area contributed by atoms with E-state index in [0.29, 0.717) is 6.04 Å². The Hall–Kier alpha value is -1.42. The molecule has 0 N–H and O–H groups in total. The summed E-state index contributed by atoms with van der Waals surface area (Å²) in [6.45, 7) is 3.32. The molecule has 4 nitrogen and oxygen atoms in total. The molecule has 0 aliphatic carbocycles. The fourth-order valence-electron chi connectivity index (χ4n) is 2.29. The van der Waals surface area contributed by atoms with Gasteiger partial charge in [-0.05, 0) is 14.0 Å². The molecule has 1 atom stereocenters. The first-order chi connectivity index (χ1) is 7.27. The maximum absolute atomic E-state index is 4.61. The predicted molar refractivity (Wildman–Crippen MR) is 57.7 cm³/mol. The van der Waals surface area contributed by atoms with Gasteiger partial charge in [0.2, 0.25) is 0 Å². The molecule has 2 aromatic heterocycles. The fourth-order valence-corrected chi connectivity index (χ4v) is 2.29. The molecule has 3 heterocycles. The average Bonchev–Trinajstić information content (AvgIpc) is 2.62. The van der Waals surface area contributed by atoms with Crippen molar-refractivity contribution in [3.8, 4) is 0 Å². The van der Waals surface area contributed by atoms with Gasteiger partial charge in [0.1, 0.15) is 0 Å². The van der Waals surface area contributed by atoms with Crippen molar-refractivity contribution >= 4 is 5.65 Å². The SMILES string of the molecule is C[C@H]1c2c(nc3cnccn23)CCN1C. The molecule has 0 saturated heterocycles. The molecule has 3 rings (SSSR count). The Morgan fingerprint density at radius 3 is 3.20 bits per heavy atom. The van der Waals surface area contributed by atoms with Crippen LogP contribution in [0.2, 0.25) is 0 Å². The summed E-state index contributed by atoms with van der Waals surface area (Å²) in [7, 11) is 2.16. The van der Waals surface area contributed by atoms with Crippen molar-refractivity contribution in [1.82, 2.24) is 19.3 Å². The highest BCUT2D eigenvalue weighted by Gasteiger charge is 2.25. The first-order valence-electron chi connectivity index (χ1n) is 5.28. The van der Waals surface area contributed by atoms with Crippen molar-refractivity contribution in [3.63, 3.8) is 0 Å². The van der Waals surface area contributed by atoms with Gasteiger partial charge in [-0.2, -0.15) is 0 Å². The molecule has 2 aromatic rings. The summed E-state index contributed by atoms with van der Waals surface area (Å²) < 4.78 is 2.16. The Morgan fingerprint density at radius 1 is 1.47 bits per heavy atom. The summed E-state index contributed by atoms with van der Waals surface area (Å²) in [6, 6.07) is 0.436. The van der Waals surface area contributed by atoms with Crippen LogP contribution in [0.5, 0.6) is 0 Å². The molecular weight excluding hydrogens is 188 g/mol. The van der Waals surface area contributed by atoms with Gasteiger partial charge in [-0.1, -0.05) is 0 Å². The maximum atomic E-state index is 4.61. The van der Waals surface area contributed by atoms with Gasteiger partial charge in [0.25, 0.3) is 0 Å². The fraction of sp³-hybridized carbons (Fsp3) is 0.455. The van der Waals surface area contributed by atoms with Crippen LogP contribution in [0.3, 0.4) is 0 Å². The third-order valence-electron chi connectivity index (χ3n) is 3.30. The number of aromatic nitrogens is 3. The number of hydrogen-bond acceptors (Lipinski definition) is 3. The highest BCUT2D eigenvalue weighted by atomic mass is 15.2. The van der Waals surface area contributed by atoms with Gasteiger partial charge in [0, 0.05) is 31.4 Å². The van der Waals surface area contributed by atoms with E-state index < -0.39 is 0 Å². The Kier molecular flexibility index (Phi) is 1.79. The standard InChI is InChI=1S/C11H14N4/c1-8-11-9(3-5-14(8)2)13-10-7-12-4-6-15(10)11/h4,6-8H,3,5H2,1-2H3/t8-/m0/s1. The Bertz CT molecular complexity index is 502. The first-order valence-corrected chi connectivity index (χ1v) is 5.28. The van der Waals surface area contributed by atoms with Crippen LogP contribution < -0.4 is 0 Å². The quantitative estimate of drug-likeness (QED) is 0.645. The molecule has 0 aromatic carbocycles. The van der Waals surface area contributed by atoms with Gasteiger partial charge >= 0.3 is 0 Å². The zero-order valence-electron chi connectivity index (χ0n) is 9.01. The lowest BCUT2D eigenvalue weighted by Gasteiger charge is -2.29. The molecule has 0 saturated carbocycles. The molecule has 78 valence electrons. The van der Waals surface area contributed by atoms with Crippen molar-refractivity contribution in [2.75, 3.05) is 13.6 Å². The number of hydrogen-bond donors (Lipinski definition) is 0. The van der Waals surface area contributed by atoms with E-state index in [9.17, 15) is 0 Å². The monoisotopic (exact) mass is 202 g/mol. The van der Waals surface area contributed by atoms with Crippen LogP contribution in [0.4, 0.5) is 0 Å². The number of imidazole rings is 1. The van der Waals surface area contributed by atoms with E-state index in [1.165, 1.54) is 11.4 Å². The van der Waals surface area contributed by atoms with Gasteiger partial charge in [0.15, 0.2) is 5.65 Å². The Balaban J connectivity index is 2.29. The Labute approximate surface area is 88.6 Å². The van der Waals surface area contributed by atoms with Gasteiger partial charge in [-0.3, -0.25) is 14.3 Å². The lowest BCUT2D eigenvalue weighted by atomic mass is 10.1. The topological polar surface area (TPSA) is 33.4 Å². The smallest absolute Gasteiger partial charge is 0.155 e. The second-order valence-electron chi connectivity index (χ2n) is 4.15. The highest BCUT2D eigenvalue weighted by Crippen LogP contribution is 2.28. The molecular formula is C11H14N4. The Morgan fingerprint density at radius 2 is 2.33 bits per heavy atom. The summed E-state index contributed by atoms with van der Waals surface area (Å²) >= 11 is 0. The predicted octanol–water partition coefficient (Wildman–Crippen LogP) is 1.28. The molecule has 4 heteroatoms. The van der Waals surface area contributed by atoms with E-state index in [2.05, 4.69) is 33.2 Å². The van der Waals surface area contributed by atoms with Crippen molar-refractivity contribution in [1.29, 1.82) is 0 Å². The minimum atomic E-state index is 0.436. The molecule has 0 unspecified atom stereocenters. The number of likely N-dealkylation sites (N-methyl/N-ethyl adjacent to an activating group) is 1. The highest BCUT2D eigenvalue weighted by molar-refractivity contribution is 5.42. The summed E-state index contributed by atoms with van der Waals surface area (Å²) in [5.41, 5.74) is 3.51. The largest absolute Gasteiger partial charge is 0.299 e. The van der Waals surface area contributed by atoms with Crippen LogP contribution in [0.15, 0.2) is 18.6 Å². The van der Waals surface area contributed by atoms with Gasteiger partial charge < -0.3 is 0 Å². The van der Waals surface area contributed by atoms with E-state index >= 15 is 0 Å². The van der Waals surface area contributed by atoms with Crippen LogP contribution in [-0.2, 0) is 6.42 Å². The second kappa shape index (κ2) is 3.03. The summed E-state index contributed by atoms with van der Waals surface area (Å²) in [6.07, 6.45) is 6.68. The summed E-state index contributed by atoms with van der Waals surface area (Å²) in [4.78, 5) is 11.1. The van der Waals surface area contributed by atoms with Gasteiger partial charge in [0.05, 0.1) is 17.6 Å². The first kappa shape index (κ1) is 8.85. The lowest BCUT2D eigenvalue weighted by Crippen LogP contribution is -2.31. The number of rotatable bonds is 0. The van der Waals surface area contributed by atoms with E-state index in [4.69, 9.17) is 0 Å². The van der Waals surface area contributed by atoms with E-state index in [1.54, 1.807) is 0 Å². The third kappa shape index (κ3) is 1.18. The van der Waals surface area contributed by atoms with Crippen LogP contribution in [0.1, 0.15) is 24.4 Å². The van der Waals surface area contributed by atoms with Crippen LogP contribution in [0, 0.1) is 0 Å². The van der Waals surface area contributed by atoms with E-state index in [0.717, 1.165) is 18.6 Å². The molecule has 0 amide bonds. The molecule has 0 bridgehead atoms. The normalized spacial score (nSPS) is 21.9. The minimum Gasteiger partial charge on any atom is -0.299 e. The zero-order valence-corrected chi connectivity index (χ0v) is 9.01. The van der Waals surface area contributed by atoms with Gasteiger partial charge in [-0.25, -0.2) is 4.98 Å². The maximum Gasteiger partial charge on any atom is 0.155 e. The van der Waals surface area contributed by atoms with Crippen LogP contribution in [0.25, 0.3) is 5.65 Å². The molecule has 15 heavy (non-hydrogen) atoms. The molecule has 0 spiro atoms. The number of fused-ring (bicyclic) bond motifs is 3. The van der Waals surface area contributed by atoms with Gasteiger partial charge in [-0.15, -0.1) is 0 Å². The summed E-state index contributed by atoms with van der Waals surface area (Å²) in [5.74, 6) is 0. The molecule has 0 radical (unpaired) electrons. The van der Waals surface area contributed by atoms with E-state index in [1.807, 2.05) is 18.6 Å². The van der Waals surface area contributed by atoms with Crippen molar-refractivity contribution in [3.05, 3.63) is 30.0 Å². The van der Waals surface area contributed by atoms with E-state index in [-0.39, 0.29) is 0 Å². The summed E-state index contributed by atoms with van der Waals surface area (Å²) in [5, 5.41) is 0.